The van der Waals surface area contributed by atoms with E-state index < -0.39 is 0 Å². The molecule has 3 aromatic rings. The van der Waals surface area contributed by atoms with Crippen LogP contribution in [0.3, 0.4) is 0 Å². The van der Waals surface area contributed by atoms with Gasteiger partial charge in [0.05, 0.1) is 7.11 Å². The molecule has 1 heterocycles. The highest BCUT2D eigenvalue weighted by Gasteiger charge is 2.22. The smallest absolute Gasteiger partial charge is 0.161 e. The molecule has 1 saturated heterocycles. The number of ether oxygens (including phenoxy) is 2. The van der Waals surface area contributed by atoms with E-state index in [0.29, 0.717) is 6.61 Å². The van der Waals surface area contributed by atoms with Crippen LogP contribution in [0.4, 0.5) is 0 Å². The van der Waals surface area contributed by atoms with Crippen LogP contribution < -0.4 is 9.47 Å². The number of hydrogen-bond acceptors (Lipinski definition) is 3. The third-order valence-electron chi connectivity index (χ3n) is 6.19. The Morgan fingerprint density at radius 3 is 2.31 bits per heavy atom. The number of hydrogen-bond donors (Lipinski definition) is 0. The van der Waals surface area contributed by atoms with Crippen molar-refractivity contribution >= 4 is 17.2 Å². The van der Waals surface area contributed by atoms with Crippen molar-refractivity contribution in [2.75, 3.05) is 20.2 Å². The summed E-state index contributed by atoms with van der Waals surface area (Å²) in [5.41, 5.74) is 4.82. The Hall–Kier alpha value is -2.85. The van der Waals surface area contributed by atoms with Gasteiger partial charge in [-0.1, -0.05) is 72.4 Å². The van der Waals surface area contributed by atoms with E-state index in [0.717, 1.165) is 53.0 Å². The summed E-state index contributed by atoms with van der Waals surface area (Å²) in [4.78, 5) is 3.23. The van der Waals surface area contributed by atoms with Crippen LogP contribution in [0.1, 0.15) is 35.1 Å². The zero-order valence-electron chi connectivity index (χ0n) is 18.9. The SMILES string of the molecule is COc1cc(C(=S)N2CCC(Cc3ccccc3)CC2)ccc1OCc1ccc(C)cc1. The summed E-state index contributed by atoms with van der Waals surface area (Å²) in [6.07, 6.45) is 3.50. The fourth-order valence-corrected chi connectivity index (χ4v) is 4.54. The molecule has 3 nitrogen and oxygen atoms in total. The first-order valence-electron chi connectivity index (χ1n) is 11.3. The van der Waals surface area contributed by atoms with Crippen LogP contribution in [0.2, 0.25) is 0 Å². The molecule has 166 valence electrons. The second-order valence-corrected chi connectivity index (χ2v) is 8.95. The topological polar surface area (TPSA) is 21.7 Å². The summed E-state index contributed by atoms with van der Waals surface area (Å²) in [5, 5.41) is 0. The van der Waals surface area contributed by atoms with Crippen LogP contribution in [0.15, 0.2) is 72.8 Å². The maximum Gasteiger partial charge on any atom is 0.161 e. The first-order valence-corrected chi connectivity index (χ1v) is 11.7. The quantitative estimate of drug-likeness (QED) is 0.403. The van der Waals surface area contributed by atoms with Gasteiger partial charge in [-0.15, -0.1) is 0 Å². The van der Waals surface area contributed by atoms with Gasteiger partial charge in [0.25, 0.3) is 0 Å². The Labute approximate surface area is 197 Å². The molecule has 0 N–H and O–H groups in total. The molecule has 4 heteroatoms. The number of nitrogens with zero attached hydrogens (tertiary/aromatic N) is 1. The predicted octanol–water partition coefficient (Wildman–Crippen LogP) is 6.21. The fourth-order valence-electron chi connectivity index (χ4n) is 4.24. The molecule has 4 rings (SSSR count). The van der Waals surface area contributed by atoms with Crippen LogP contribution in [-0.4, -0.2) is 30.1 Å². The molecule has 1 fully saturated rings. The van der Waals surface area contributed by atoms with E-state index in [9.17, 15) is 0 Å². The number of thiocarbonyl (C=S) groups is 1. The maximum atomic E-state index is 6.02. The highest BCUT2D eigenvalue weighted by molar-refractivity contribution is 7.80. The Kier molecular flexibility index (Phi) is 7.43. The van der Waals surface area contributed by atoms with E-state index in [1.165, 1.54) is 24.0 Å². The van der Waals surface area contributed by atoms with Crippen LogP contribution in [-0.2, 0) is 13.0 Å². The maximum absolute atomic E-state index is 6.02. The first-order chi connectivity index (χ1) is 15.6. The first kappa shape index (κ1) is 22.3. The lowest BCUT2D eigenvalue weighted by Gasteiger charge is -2.34. The highest BCUT2D eigenvalue weighted by atomic mass is 32.1. The van der Waals surface area contributed by atoms with Gasteiger partial charge in [0.1, 0.15) is 11.6 Å². The molecule has 0 aromatic heterocycles. The molecule has 1 aliphatic rings. The second kappa shape index (κ2) is 10.6. The van der Waals surface area contributed by atoms with Gasteiger partial charge in [0.2, 0.25) is 0 Å². The predicted molar refractivity (Wildman–Crippen MR) is 135 cm³/mol. The summed E-state index contributed by atoms with van der Waals surface area (Å²) >= 11 is 5.84. The van der Waals surface area contributed by atoms with Gasteiger partial charge in [0.15, 0.2) is 11.5 Å². The van der Waals surface area contributed by atoms with Crippen LogP contribution in [0.5, 0.6) is 11.5 Å². The van der Waals surface area contributed by atoms with Gasteiger partial charge in [-0.3, -0.25) is 0 Å². The van der Waals surface area contributed by atoms with Crippen LogP contribution in [0.25, 0.3) is 0 Å². The summed E-state index contributed by atoms with van der Waals surface area (Å²) in [5.74, 6) is 2.18. The minimum atomic E-state index is 0.509. The van der Waals surface area contributed by atoms with Crippen LogP contribution >= 0.6 is 12.2 Å². The van der Waals surface area contributed by atoms with E-state index in [2.05, 4.69) is 66.4 Å². The van der Waals surface area contributed by atoms with E-state index >= 15 is 0 Å². The van der Waals surface area contributed by atoms with Gasteiger partial charge in [0, 0.05) is 18.7 Å². The van der Waals surface area contributed by atoms with Gasteiger partial charge in [-0.2, -0.15) is 0 Å². The van der Waals surface area contributed by atoms with Crippen molar-refractivity contribution in [3.63, 3.8) is 0 Å². The monoisotopic (exact) mass is 445 g/mol. The van der Waals surface area contributed by atoms with Crippen molar-refractivity contribution in [1.29, 1.82) is 0 Å². The second-order valence-electron chi connectivity index (χ2n) is 8.57. The number of benzene rings is 3. The Bertz CT molecular complexity index is 1030. The third kappa shape index (κ3) is 5.68. The summed E-state index contributed by atoms with van der Waals surface area (Å²) in [6, 6.07) is 25.2. The highest BCUT2D eigenvalue weighted by Crippen LogP contribution is 2.30. The molecular formula is C28H31NO2S. The average molecular weight is 446 g/mol. The van der Waals surface area contributed by atoms with Crippen molar-refractivity contribution in [3.8, 4) is 11.5 Å². The number of likely N-dealkylation sites (tertiary alicyclic amines) is 1. The Morgan fingerprint density at radius 2 is 1.62 bits per heavy atom. The van der Waals surface area contributed by atoms with E-state index in [1.54, 1.807) is 7.11 Å². The Balaban J connectivity index is 1.35. The molecule has 1 aliphatic heterocycles. The number of aryl methyl sites for hydroxylation is 1. The van der Waals surface area contributed by atoms with Crippen LogP contribution in [0, 0.1) is 12.8 Å². The average Bonchev–Trinajstić information content (AvgIpc) is 2.84. The number of rotatable bonds is 7. The van der Waals surface area contributed by atoms with Crippen molar-refractivity contribution in [2.24, 2.45) is 5.92 Å². The lowest BCUT2D eigenvalue weighted by Crippen LogP contribution is -2.38. The molecule has 0 radical (unpaired) electrons. The minimum absolute atomic E-state index is 0.509. The molecule has 0 spiro atoms. The summed E-state index contributed by atoms with van der Waals surface area (Å²) < 4.78 is 11.6. The molecule has 3 aromatic carbocycles. The molecular weight excluding hydrogens is 414 g/mol. The fraction of sp³-hybridized carbons (Fsp3) is 0.321. The zero-order chi connectivity index (χ0) is 22.3. The van der Waals surface area contributed by atoms with Gasteiger partial charge in [-0.25, -0.2) is 0 Å². The Morgan fingerprint density at radius 1 is 0.906 bits per heavy atom. The van der Waals surface area contributed by atoms with Crippen molar-refractivity contribution in [1.82, 2.24) is 4.90 Å². The zero-order valence-corrected chi connectivity index (χ0v) is 19.7. The molecule has 0 unspecified atom stereocenters. The van der Waals surface area contributed by atoms with Crippen molar-refractivity contribution in [2.45, 2.75) is 32.8 Å². The molecule has 0 saturated carbocycles. The third-order valence-corrected chi connectivity index (χ3v) is 6.69. The van der Waals surface area contributed by atoms with Crippen molar-refractivity contribution in [3.05, 3.63) is 95.1 Å². The van der Waals surface area contributed by atoms with E-state index in [-0.39, 0.29) is 0 Å². The largest absolute Gasteiger partial charge is 0.493 e. The van der Waals surface area contributed by atoms with Gasteiger partial charge in [-0.05, 0) is 61.4 Å². The molecule has 0 bridgehead atoms. The van der Waals surface area contributed by atoms with Crippen molar-refractivity contribution < 1.29 is 9.47 Å². The number of methoxy groups -OCH3 is 1. The van der Waals surface area contributed by atoms with E-state index in [4.69, 9.17) is 21.7 Å². The van der Waals surface area contributed by atoms with Gasteiger partial charge < -0.3 is 14.4 Å². The van der Waals surface area contributed by atoms with Gasteiger partial charge >= 0.3 is 0 Å². The van der Waals surface area contributed by atoms with E-state index in [1.807, 2.05) is 18.2 Å². The normalized spacial score (nSPS) is 14.2. The standard InChI is InChI=1S/C28H31NO2S/c1-21-8-10-24(11-9-21)20-31-26-13-12-25(19-27(26)30-2)28(32)29-16-14-23(15-17-29)18-22-6-4-3-5-7-22/h3-13,19,23H,14-18,20H2,1-2H3. The molecule has 32 heavy (non-hydrogen) atoms. The molecule has 0 atom stereocenters. The summed E-state index contributed by atoms with van der Waals surface area (Å²) in [6.45, 7) is 4.60. The molecule has 0 amide bonds. The summed E-state index contributed by atoms with van der Waals surface area (Å²) in [7, 11) is 1.68. The number of piperidine rings is 1. The minimum Gasteiger partial charge on any atom is -0.493 e. The molecule has 0 aliphatic carbocycles. The lowest BCUT2D eigenvalue weighted by atomic mass is 9.90. The lowest BCUT2D eigenvalue weighted by molar-refractivity contribution is 0.268.